The van der Waals surface area contributed by atoms with Gasteiger partial charge in [0.25, 0.3) is 0 Å². The molecule has 0 atom stereocenters. The Bertz CT molecular complexity index is 418. The molecule has 0 fully saturated rings. The van der Waals surface area contributed by atoms with Crippen LogP contribution in [0.25, 0.3) is 0 Å². The van der Waals surface area contributed by atoms with Crippen molar-refractivity contribution in [3.05, 3.63) is 29.8 Å². The molecule has 0 spiro atoms. The lowest BCUT2D eigenvalue weighted by Crippen LogP contribution is -2.38. The van der Waals surface area contributed by atoms with Gasteiger partial charge in [0.05, 0.1) is 7.11 Å². The lowest BCUT2D eigenvalue weighted by molar-refractivity contribution is 0.409. The summed E-state index contributed by atoms with van der Waals surface area (Å²) in [5.74, 6) is 1.82. The zero-order valence-corrected chi connectivity index (χ0v) is 13.6. The molecule has 0 amide bonds. The van der Waals surface area contributed by atoms with E-state index in [2.05, 4.69) is 28.6 Å². The normalized spacial score (nSPS) is 11.3. The van der Waals surface area contributed by atoms with Crippen molar-refractivity contribution in [3.63, 3.8) is 0 Å². The van der Waals surface area contributed by atoms with Gasteiger partial charge in [0, 0.05) is 20.1 Å². The zero-order valence-electron chi connectivity index (χ0n) is 13.6. The van der Waals surface area contributed by atoms with Crippen LogP contribution in [0.4, 0.5) is 0 Å². The first kappa shape index (κ1) is 17.3. The van der Waals surface area contributed by atoms with Crippen LogP contribution in [0.3, 0.4) is 0 Å². The van der Waals surface area contributed by atoms with Crippen molar-refractivity contribution in [3.8, 4) is 5.75 Å². The highest BCUT2D eigenvalue weighted by atomic mass is 16.5. The number of aliphatic imine (C=N–C) groups is 1. The maximum absolute atomic E-state index is 5.36. The quantitative estimate of drug-likeness (QED) is 0.418. The van der Waals surface area contributed by atoms with Gasteiger partial charge < -0.3 is 15.4 Å². The van der Waals surface area contributed by atoms with Crippen molar-refractivity contribution in [2.45, 2.75) is 39.0 Å². The number of unbranched alkanes of at least 4 members (excludes halogenated alkanes) is 3. The van der Waals surface area contributed by atoms with Crippen molar-refractivity contribution in [2.75, 3.05) is 27.2 Å². The van der Waals surface area contributed by atoms with Gasteiger partial charge in [-0.25, -0.2) is 0 Å². The van der Waals surface area contributed by atoms with Gasteiger partial charge in [-0.2, -0.15) is 0 Å². The summed E-state index contributed by atoms with van der Waals surface area (Å²) in [6, 6.07) is 8.13. The minimum absolute atomic E-state index is 0.842. The third-order valence-electron chi connectivity index (χ3n) is 3.43. The molecule has 118 valence electrons. The molecular formula is C17H29N3O. The van der Waals surface area contributed by atoms with Crippen molar-refractivity contribution in [1.82, 2.24) is 10.6 Å². The summed E-state index contributed by atoms with van der Waals surface area (Å²) in [6.45, 7) is 4.05. The van der Waals surface area contributed by atoms with Crippen LogP contribution in [0.1, 0.15) is 38.2 Å². The highest BCUT2D eigenvalue weighted by Gasteiger charge is 2.02. The molecule has 1 aromatic rings. The third-order valence-corrected chi connectivity index (χ3v) is 3.43. The third kappa shape index (κ3) is 7.02. The zero-order chi connectivity index (χ0) is 15.3. The molecule has 0 aliphatic carbocycles. The van der Waals surface area contributed by atoms with E-state index in [-0.39, 0.29) is 0 Å². The van der Waals surface area contributed by atoms with Crippen LogP contribution >= 0.6 is 0 Å². The Kier molecular flexibility index (Phi) is 9.09. The summed E-state index contributed by atoms with van der Waals surface area (Å²) >= 11 is 0. The van der Waals surface area contributed by atoms with Crippen LogP contribution in [-0.4, -0.2) is 33.2 Å². The second-order valence-electron chi connectivity index (χ2n) is 5.05. The monoisotopic (exact) mass is 291 g/mol. The van der Waals surface area contributed by atoms with Gasteiger partial charge in [0.1, 0.15) is 5.75 Å². The molecule has 0 saturated carbocycles. The highest BCUT2D eigenvalue weighted by molar-refractivity contribution is 5.79. The van der Waals surface area contributed by atoms with Crippen LogP contribution in [0.15, 0.2) is 29.3 Å². The van der Waals surface area contributed by atoms with E-state index in [0.29, 0.717) is 0 Å². The summed E-state index contributed by atoms with van der Waals surface area (Å²) < 4.78 is 5.36. The Morgan fingerprint density at radius 1 is 1.10 bits per heavy atom. The SMILES string of the molecule is CCCCCCNC(=NC)NCCc1ccccc1OC. The molecule has 2 N–H and O–H groups in total. The predicted octanol–water partition coefficient (Wildman–Crippen LogP) is 2.98. The minimum Gasteiger partial charge on any atom is -0.496 e. The van der Waals surface area contributed by atoms with Crippen molar-refractivity contribution in [1.29, 1.82) is 0 Å². The number of para-hydroxylation sites is 1. The lowest BCUT2D eigenvalue weighted by atomic mass is 10.1. The fourth-order valence-electron chi connectivity index (χ4n) is 2.20. The van der Waals surface area contributed by atoms with Crippen LogP contribution in [0, 0.1) is 0 Å². The Morgan fingerprint density at radius 2 is 1.86 bits per heavy atom. The van der Waals surface area contributed by atoms with Gasteiger partial charge >= 0.3 is 0 Å². The van der Waals surface area contributed by atoms with E-state index >= 15 is 0 Å². The molecule has 0 radical (unpaired) electrons. The van der Waals surface area contributed by atoms with Gasteiger partial charge in [0.2, 0.25) is 0 Å². The van der Waals surface area contributed by atoms with Gasteiger partial charge in [-0.1, -0.05) is 44.4 Å². The molecule has 0 aromatic heterocycles. The van der Waals surface area contributed by atoms with E-state index in [1.54, 1.807) is 7.11 Å². The van der Waals surface area contributed by atoms with Crippen LogP contribution in [0.2, 0.25) is 0 Å². The summed E-state index contributed by atoms with van der Waals surface area (Å²) in [6.07, 6.45) is 5.97. The number of benzene rings is 1. The number of hydrogen-bond donors (Lipinski definition) is 2. The lowest BCUT2D eigenvalue weighted by Gasteiger charge is -2.13. The Morgan fingerprint density at radius 3 is 2.57 bits per heavy atom. The minimum atomic E-state index is 0.842. The highest BCUT2D eigenvalue weighted by Crippen LogP contribution is 2.17. The maximum atomic E-state index is 5.36. The Balaban J connectivity index is 2.26. The van der Waals surface area contributed by atoms with Gasteiger partial charge in [-0.05, 0) is 24.5 Å². The van der Waals surface area contributed by atoms with Crippen molar-refractivity contribution in [2.24, 2.45) is 4.99 Å². The molecule has 0 aliphatic rings. The first-order valence-electron chi connectivity index (χ1n) is 7.88. The van der Waals surface area contributed by atoms with Crippen LogP contribution < -0.4 is 15.4 Å². The molecule has 0 unspecified atom stereocenters. The predicted molar refractivity (Wildman–Crippen MR) is 90.2 cm³/mol. The number of hydrogen-bond acceptors (Lipinski definition) is 2. The first-order chi connectivity index (χ1) is 10.3. The molecule has 0 bridgehead atoms. The molecule has 21 heavy (non-hydrogen) atoms. The summed E-state index contributed by atoms with van der Waals surface area (Å²) in [7, 11) is 3.52. The van der Waals surface area contributed by atoms with Gasteiger partial charge in [-0.15, -0.1) is 0 Å². The summed E-state index contributed by atoms with van der Waals surface area (Å²) in [5, 5.41) is 6.69. The standard InChI is InChI=1S/C17H29N3O/c1-4-5-6-9-13-19-17(18-2)20-14-12-15-10-7-8-11-16(15)21-3/h7-8,10-11H,4-6,9,12-14H2,1-3H3,(H2,18,19,20). The molecule has 1 aromatic carbocycles. The molecule has 4 nitrogen and oxygen atoms in total. The molecule has 1 rings (SSSR count). The van der Waals surface area contributed by atoms with E-state index < -0.39 is 0 Å². The number of rotatable bonds is 9. The average Bonchev–Trinajstić information content (AvgIpc) is 2.53. The summed E-state index contributed by atoms with van der Waals surface area (Å²) in [4.78, 5) is 4.24. The van der Waals surface area contributed by atoms with Crippen molar-refractivity contribution < 1.29 is 4.74 Å². The van der Waals surface area contributed by atoms with Crippen LogP contribution in [-0.2, 0) is 6.42 Å². The number of ether oxygens (including phenoxy) is 1. The van der Waals surface area contributed by atoms with E-state index in [1.165, 1.54) is 31.2 Å². The number of nitrogens with zero attached hydrogens (tertiary/aromatic N) is 1. The number of guanidine groups is 1. The Labute approximate surface area is 129 Å². The molecule has 0 saturated heterocycles. The van der Waals surface area contributed by atoms with Crippen LogP contribution in [0.5, 0.6) is 5.75 Å². The first-order valence-corrected chi connectivity index (χ1v) is 7.88. The average molecular weight is 291 g/mol. The fourth-order valence-corrected chi connectivity index (χ4v) is 2.20. The van der Waals surface area contributed by atoms with Crippen molar-refractivity contribution >= 4 is 5.96 Å². The van der Waals surface area contributed by atoms with Gasteiger partial charge in [0.15, 0.2) is 5.96 Å². The van der Waals surface area contributed by atoms with E-state index in [9.17, 15) is 0 Å². The van der Waals surface area contributed by atoms with Gasteiger partial charge in [-0.3, -0.25) is 4.99 Å². The van der Waals surface area contributed by atoms with E-state index in [1.807, 2.05) is 25.2 Å². The molecule has 0 heterocycles. The van der Waals surface area contributed by atoms with E-state index in [0.717, 1.165) is 31.2 Å². The van der Waals surface area contributed by atoms with E-state index in [4.69, 9.17) is 4.74 Å². The number of methoxy groups -OCH3 is 1. The maximum Gasteiger partial charge on any atom is 0.190 e. The second kappa shape index (κ2) is 11.0. The number of nitrogens with one attached hydrogen (secondary N) is 2. The molecular weight excluding hydrogens is 262 g/mol. The topological polar surface area (TPSA) is 45.7 Å². The molecule has 4 heteroatoms. The Hall–Kier alpha value is -1.71. The fraction of sp³-hybridized carbons (Fsp3) is 0.588. The molecule has 0 aliphatic heterocycles. The second-order valence-corrected chi connectivity index (χ2v) is 5.05. The largest absolute Gasteiger partial charge is 0.496 e. The smallest absolute Gasteiger partial charge is 0.190 e. The summed E-state index contributed by atoms with van der Waals surface area (Å²) in [5.41, 5.74) is 1.21.